The molecule has 1 aliphatic rings. The van der Waals surface area contributed by atoms with E-state index in [9.17, 15) is 14.8 Å². The minimum atomic E-state index is -4.74. The Bertz CT molecular complexity index is 279. The third kappa shape index (κ3) is 4.99. The Kier molecular flexibility index (Phi) is 5.49. The van der Waals surface area contributed by atoms with Crippen molar-refractivity contribution in [3.05, 3.63) is 0 Å². The van der Waals surface area contributed by atoms with Crippen LogP contribution >= 0.6 is 7.82 Å². The second-order valence-corrected chi connectivity index (χ2v) is 5.08. The van der Waals surface area contributed by atoms with Gasteiger partial charge in [-0.15, -0.1) is 0 Å². The predicted molar refractivity (Wildman–Crippen MR) is 55.0 cm³/mol. The number of rotatable bonds is 5. The van der Waals surface area contributed by atoms with E-state index in [4.69, 9.17) is 19.6 Å². The maximum atomic E-state index is 10.7. The van der Waals surface area contributed by atoms with Crippen molar-refractivity contribution < 1.29 is 38.9 Å². The lowest BCUT2D eigenvalue weighted by atomic mass is 9.90. The van der Waals surface area contributed by atoms with Gasteiger partial charge >= 0.3 is 7.82 Å². The summed E-state index contributed by atoms with van der Waals surface area (Å²) in [6.07, 6.45) is -4.09. The fraction of sp³-hybridized carbons (Fsp3) is 1.00. The van der Waals surface area contributed by atoms with Gasteiger partial charge in [0.2, 0.25) is 0 Å². The van der Waals surface area contributed by atoms with Gasteiger partial charge in [0.15, 0.2) is 0 Å². The molecule has 1 fully saturated rings. The van der Waals surface area contributed by atoms with Gasteiger partial charge in [0.25, 0.3) is 0 Å². The van der Waals surface area contributed by atoms with Crippen molar-refractivity contribution in [1.29, 1.82) is 0 Å². The molecule has 0 radical (unpaired) electrons. The first-order chi connectivity index (χ1) is 7.83. The van der Waals surface area contributed by atoms with E-state index in [1.54, 1.807) is 0 Å². The molecule has 0 aromatic rings. The highest BCUT2D eigenvalue weighted by molar-refractivity contribution is 7.46. The highest BCUT2D eigenvalue weighted by atomic mass is 31.2. The monoisotopic (exact) mass is 272 g/mol. The number of aliphatic hydroxyl groups is 3. The third-order valence-electron chi connectivity index (χ3n) is 2.45. The standard InChI is InChI=1S/C8H17O8P/c9-1-2-15-7-4-5(10)3-6(11)8(7)16-17(12,13)14/h5-11H,1-4H2,(H2,12,13,14)/t5-,6-,7-,8-/m1/s1. The van der Waals surface area contributed by atoms with Gasteiger partial charge in [-0.05, 0) is 0 Å². The second kappa shape index (κ2) is 6.21. The molecule has 0 aromatic carbocycles. The van der Waals surface area contributed by atoms with Crippen molar-refractivity contribution in [2.24, 2.45) is 0 Å². The molecule has 0 unspecified atom stereocenters. The van der Waals surface area contributed by atoms with Gasteiger partial charge in [0.05, 0.1) is 31.5 Å². The minimum absolute atomic E-state index is 0.0380. The number of aliphatic hydroxyl groups excluding tert-OH is 3. The van der Waals surface area contributed by atoms with Crippen LogP contribution in [0.1, 0.15) is 12.8 Å². The summed E-state index contributed by atoms with van der Waals surface area (Å²) in [5.41, 5.74) is 0. The number of hydrogen-bond acceptors (Lipinski definition) is 6. The zero-order chi connectivity index (χ0) is 13.1. The van der Waals surface area contributed by atoms with Crippen molar-refractivity contribution in [2.75, 3.05) is 13.2 Å². The fourth-order valence-electron chi connectivity index (χ4n) is 1.82. The fourth-order valence-corrected chi connectivity index (χ4v) is 2.42. The lowest BCUT2D eigenvalue weighted by Gasteiger charge is -2.37. The van der Waals surface area contributed by atoms with Crippen molar-refractivity contribution >= 4 is 7.82 Å². The van der Waals surface area contributed by atoms with Crippen LogP contribution < -0.4 is 0 Å². The molecule has 1 aliphatic carbocycles. The van der Waals surface area contributed by atoms with Gasteiger partial charge in [-0.2, -0.15) is 0 Å². The van der Waals surface area contributed by atoms with E-state index in [0.29, 0.717) is 0 Å². The van der Waals surface area contributed by atoms with Crippen molar-refractivity contribution in [3.8, 4) is 0 Å². The maximum Gasteiger partial charge on any atom is 0.470 e. The third-order valence-corrected chi connectivity index (χ3v) is 2.96. The summed E-state index contributed by atoms with van der Waals surface area (Å²) in [6.45, 7) is -0.337. The normalized spacial score (nSPS) is 34.9. The molecule has 0 heterocycles. The average Bonchev–Trinajstić information content (AvgIpc) is 2.18. The van der Waals surface area contributed by atoms with Crippen LogP contribution in [0.15, 0.2) is 0 Å². The average molecular weight is 272 g/mol. The summed E-state index contributed by atoms with van der Waals surface area (Å²) >= 11 is 0. The Morgan fingerprint density at radius 3 is 2.41 bits per heavy atom. The summed E-state index contributed by atoms with van der Waals surface area (Å²) < 4.78 is 20.3. The molecule has 0 bridgehead atoms. The number of phosphoric ester groups is 1. The Morgan fingerprint density at radius 2 is 1.88 bits per heavy atom. The van der Waals surface area contributed by atoms with Crippen LogP contribution in [0.2, 0.25) is 0 Å². The van der Waals surface area contributed by atoms with Crippen LogP contribution in [0, 0.1) is 0 Å². The van der Waals surface area contributed by atoms with E-state index in [1.807, 2.05) is 0 Å². The zero-order valence-corrected chi connectivity index (χ0v) is 9.94. The highest BCUT2D eigenvalue weighted by Crippen LogP contribution is 2.41. The molecular weight excluding hydrogens is 255 g/mol. The zero-order valence-electron chi connectivity index (χ0n) is 9.05. The predicted octanol–water partition coefficient (Wildman–Crippen LogP) is -1.64. The van der Waals surface area contributed by atoms with E-state index in [0.717, 1.165) is 0 Å². The van der Waals surface area contributed by atoms with Crippen molar-refractivity contribution in [2.45, 2.75) is 37.3 Å². The van der Waals surface area contributed by atoms with Crippen molar-refractivity contribution in [1.82, 2.24) is 0 Å². The van der Waals surface area contributed by atoms with Crippen LogP contribution in [-0.4, -0.2) is 62.7 Å². The Morgan fingerprint density at radius 1 is 1.24 bits per heavy atom. The van der Waals surface area contributed by atoms with Crippen molar-refractivity contribution in [3.63, 3.8) is 0 Å². The molecule has 9 heteroatoms. The van der Waals surface area contributed by atoms with E-state index in [-0.39, 0.29) is 26.1 Å². The van der Waals surface area contributed by atoms with Crippen LogP contribution in [0.4, 0.5) is 0 Å². The van der Waals surface area contributed by atoms with E-state index < -0.39 is 32.2 Å². The number of ether oxygens (including phenoxy) is 1. The van der Waals surface area contributed by atoms with Gasteiger partial charge in [-0.3, -0.25) is 4.52 Å². The molecule has 4 atom stereocenters. The lowest BCUT2D eigenvalue weighted by molar-refractivity contribution is -0.138. The topological polar surface area (TPSA) is 137 Å². The largest absolute Gasteiger partial charge is 0.470 e. The molecule has 1 saturated carbocycles. The maximum absolute atomic E-state index is 10.7. The first kappa shape index (κ1) is 15.0. The molecule has 0 saturated heterocycles. The van der Waals surface area contributed by atoms with Gasteiger partial charge in [-0.1, -0.05) is 0 Å². The first-order valence-electron chi connectivity index (χ1n) is 5.16. The highest BCUT2D eigenvalue weighted by Gasteiger charge is 2.41. The van der Waals surface area contributed by atoms with Crippen LogP contribution in [0.25, 0.3) is 0 Å². The van der Waals surface area contributed by atoms with E-state index >= 15 is 0 Å². The molecule has 5 N–H and O–H groups in total. The number of hydrogen-bond donors (Lipinski definition) is 5. The van der Waals surface area contributed by atoms with Crippen LogP contribution in [0.3, 0.4) is 0 Å². The smallest absolute Gasteiger partial charge is 0.394 e. The van der Waals surface area contributed by atoms with E-state index in [2.05, 4.69) is 4.52 Å². The first-order valence-corrected chi connectivity index (χ1v) is 6.69. The van der Waals surface area contributed by atoms with E-state index in [1.165, 1.54) is 0 Å². The minimum Gasteiger partial charge on any atom is -0.394 e. The van der Waals surface area contributed by atoms with Gasteiger partial charge in [-0.25, -0.2) is 4.57 Å². The summed E-state index contributed by atoms with van der Waals surface area (Å²) in [6, 6.07) is 0. The van der Waals surface area contributed by atoms with Crippen LogP contribution in [-0.2, 0) is 13.8 Å². The molecule has 17 heavy (non-hydrogen) atoms. The second-order valence-electron chi connectivity index (χ2n) is 3.89. The molecule has 8 nitrogen and oxygen atoms in total. The Labute approximate surface area is 98.0 Å². The summed E-state index contributed by atoms with van der Waals surface area (Å²) in [4.78, 5) is 17.4. The molecular formula is C8H17O8P. The summed E-state index contributed by atoms with van der Waals surface area (Å²) in [5, 5.41) is 27.6. The molecule has 102 valence electrons. The lowest BCUT2D eigenvalue weighted by Crippen LogP contribution is -2.48. The Balaban J connectivity index is 2.68. The van der Waals surface area contributed by atoms with Gasteiger partial charge in [0, 0.05) is 12.8 Å². The molecule has 0 aromatic heterocycles. The molecule has 0 amide bonds. The molecule has 0 aliphatic heterocycles. The molecule has 0 spiro atoms. The summed E-state index contributed by atoms with van der Waals surface area (Å²) in [7, 11) is -4.74. The van der Waals surface area contributed by atoms with Crippen LogP contribution in [0.5, 0.6) is 0 Å². The Hall–Kier alpha value is -0.0500. The number of phosphoric acid groups is 1. The SMILES string of the molecule is O=P(O)(O)O[C@@H]1[C@H](O)C[C@@H](O)C[C@H]1OCCO. The summed E-state index contributed by atoms with van der Waals surface area (Å²) in [5.74, 6) is 0. The van der Waals surface area contributed by atoms with Gasteiger partial charge in [0.1, 0.15) is 6.10 Å². The quantitative estimate of drug-likeness (QED) is 0.376. The van der Waals surface area contributed by atoms with Gasteiger partial charge < -0.3 is 29.8 Å². The molecule has 1 rings (SSSR count).